The van der Waals surface area contributed by atoms with Gasteiger partial charge in [0.1, 0.15) is 0 Å². The lowest BCUT2D eigenvalue weighted by molar-refractivity contribution is 0.253. The molecule has 212 valence electrons. The minimum atomic E-state index is 0.877. The van der Waals surface area contributed by atoms with E-state index >= 15 is 0 Å². The number of nitrogens with zero attached hydrogens (tertiary/aromatic N) is 1. The third-order valence-electron chi connectivity index (χ3n) is 7.84. The van der Waals surface area contributed by atoms with Crippen LogP contribution in [0.3, 0.4) is 0 Å². The Labute approximate surface area is 225 Å². The van der Waals surface area contributed by atoms with Crippen LogP contribution in [0.4, 0.5) is 0 Å². The Morgan fingerprint density at radius 1 is 0.343 bits per heavy atom. The van der Waals surface area contributed by atoms with Gasteiger partial charge >= 0.3 is 0 Å². The van der Waals surface area contributed by atoms with Crippen LogP contribution in [0.1, 0.15) is 189 Å². The molecule has 0 bridgehead atoms. The quantitative estimate of drug-likeness (QED) is 0.0936. The van der Waals surface area contributed by atoms with Crippen LogP contribution in [-0.4, -0.2) is 24.5 Å². The van der Waals surface area contributed by atoms with Gasteiger partial charge in [0.25, 0.3) is 0 Å². The Bertz CT molecular complexity index is 355. The first-order valence-electron chi connectivity index (χ1n) is 16.8. The summed E-state index contributed by atoms with van der Waals surface area (Å²) in [7, 11) is 0. The average Bonchev–Trinajstić information content (AvgIpc) is 2.82. The van der Waals surface area contributed by atoms with Crippen LogP contribution in [0.2, 0.25) is 0 Å². The van der Waals surface area contributed by atoms with Crippen molar-refractivity contribution in [3.63, 3.8) is 0 Å². The monoisotopic (exact) mass is 494 g/mol. The zero-order valence-electron chi connectivity index (χ0n) is 25.7. The van der Waals surface area contributed by atoms with Crippen molar-refractivity contribution < 1.29 is 0 Å². The summed E-state index contributed by atoms with van der Waals surface area (Å²) in [5.74, 6) is 1.75. The van der Waals surface area contributed by atoms with E-state index in [4.69, 9.17) is 0 Å². The SMILES string of the molecule is CCCCCCCCCCCCCCCCN(CCCCCCC(C)C)CCCCCCC(C)C. The summed E-state index contributed by atoms with van der Waals surface area (Å²) < 4.78 is 0. The molecule has 0 atom stereocenters. The Morgan fingerprint density at radius 2 is 0.600 bits per heavy atom. The van der Waals surface area contributed by atoms with Gasteiger partial charge in [0.05, 0.1) is 0 Å². The zero-order valence-corrected chi connectivity index (χ0v) is 25.7. The van der Waals surface area contributed by atoms with Crippen molar-refractivity contribution in [2.75, 3.05) is 19.6 Å². The van der Waals surface area contributed by atoms with Crippen molar-refractivity contribution >= 4 is 0 Å². The van der Waals surface area contributed by atoms with Gasteiger partial charge in [0, 0.05) is 0 Å². The molecule has 0 radical (unpaired) electrons. The van der Waals surface area contributed by atoms with E-state index in [1.165, 1.54) is 174 Å². The van der Waals surface area contributed by atoms with Gasteiger partial charge in [0.15, 0.2) is 0 Å². The van der Waals surface area contributed by atoms with Crippen LogP contribution in [0.15, 0.2) is 0 Å². The molecule has 0 rings (SSSR count). The van der Waals surface area contributed by atoms with Crippen LogP contribution in [0, 0.1) is 11.8 Å². The summed E-state index contributed by atoms with van der Waals surface area (Å²) in [5.41, 5.74) is 0. The molecule has 0 amide bonds. The number of hydrogen-bond donors (Lipinski definition) is 0. The molecule has 35 heavy (non-hydrogen) atoms. The fourth-order valence-electron chi connectivity index (χ4n) is 5.35. The van der Waals surface area contributed by atoms with E-state index in [-0.39, 0.29) is 0 Å². The highest BCUT2D eigenvalue weighted by atomic mass is 15.1. The molecule has 0 aliphatic carbocycles. The predicted molar refractivity (Wildman–Crippen MR) is 163 cm³/mol. The highest BCUT2D eigenvalue weighted by molar-refractivity contribution is 4.61. The van der Waals surface area contributed by atoms with Crippen molar-refractivity contribution in [3.05, 3.63) is 0 Å². The highest BCUT2D eigenvalue weighted by Crippen LogP contribution is 2.15. The van der Waals surface area contributed by atoms with E-state index in [0.29, 0.717) is 0 Å². The molecule has 0 aliphatic heterocycles. The van der Waals surface area contributed by atoms with Crippen LogP contribution in [0.25, 0.3) is 0 Å². The molecule has 0 aliphatic rings. The Hall–Kier alpha value is -0.0400. The molecule has 0 saturated carbocycles. The van der Waals surface area contributed by atoms with Gasteiger partial charge in [-0.25, -0.2) is 0 Å². The third kappa shape index (κ3) is 30.1. The van der Waals surface area contributed by atoms with Crippen molar-refractivity contribution in [1.82, 2.24) is 4.90 Å². The second-order valence-corrected chi connectivity index (χ2v) is 12.6. The Balaban J connectivity index is 3.77. The molecule has 0 heterocycles. The topological polar surface area (TPSA) is 3.24 Å². The fourth-order valence-corrected chi connectivity index (χ4v) is 5.35. The van der Waals surface area contributed by atoms with Crippen molar-refractivity contribution in [3.8, 4) is 0 Å². The van der Waals surface area contributed by atoms with Crippen LogP contribution < -0.4 is 0 Å². The maximum atomic E-state index is 2.82. The molecule has 0 aromatic carbocycles. The highest BCUT2D eigenvalue weighted by Gasteiger charge is 2.05. The second kappa shape index (κ2) is 28.5. The molecule has 0 spiro atoms. The largest absolute Gasteiger partial charge is 0.303 e. The first kappa shape index (κ1) is 35.0. The first-order valence-corrected chi connectivity index (χ1v) is 16.8. The van der Waals surface area contributed by atoms with E-state index in [9.17, 15) is 0 Å². The maximum absolute atomic E-state index is 2.82. The van der Waals surface area contributed by atoms with E-state index in [1.54, 1.807) is 0 Å². The third-order valence-corrected chi connectivity index (χ3v) is 7.84. The predicted octanol–water partition coefficient (Wildman–Crippen LogP) is 12.0. The molecular weight excluding hydrogens is 422 g/mol. The van der Waals surface area contributed by atoms with Gasteiger partial charge in [-0.05, 0) is 50.7 Å². The van der Waals surface area contributed by atoms with Gasteiger partial charge in [-0.15, -0.1) is 0 Å². The summed E-state index contributed by atoms with van der Waals surface area (Å²) in [4.78, 5) is 2.82. The van der Waals surface area contributed by atoms with Crippen LogP contribution >= 0.6 is 0 Å². The van der Waals surface area contributed by atoms with Crippen LogP contribution in [0.5, 0.6) is 0 Å². The lowest BCUT2D eigenvalue weighted by Crippen LogP contribution is -2.27. The van der Waals surface area contributed by atoms with Gasteiger partial charge < -0.3 is 4.90 Å². The summed E-state index contributed by atoms with van der Waals surface area (Å²) in [6, 6.07) is 0. The number of unbranched alkanes of at least 4 members (excludes halogenated alkanes) is 19. The van der Waals surface area contributed by atoms with E-state index in [1.807, 2.05) is 0 Å². The minimum absolute atomic E-state index is 0.877. The van der Waals surface area contributed by atoms with Gasteiger partial charge in [-0.2, -0.15) is 0 Å². The summed E-state index contributed by atoms with van der Waals surface area (Å²) in [6.45, 7) is 15.8. The van der Waals surface area contributed by atoms with Gasteiger partial charge in [0.2, 0.25) is 0 Å². The van der Waals surface area contributed by atoms with E-state index in [2.05, 4.69) is 39.5 Å². The molecule has 0 N–H and O–H groups in total. The molecule has 0 fully saturated rings. The standard InChI is InChI=1S/C34H71N/c1-6-7-8-9-10-11-12-13-14-15-16-17-20-25-30-35(31-26-21-18-23-28-33(2)3)32-27-22-19-24-29-34(4)5/h33-34H,6-32H2,1-5H3. The maximum Gasteiger partial charge on any atom is -0.00187 e. The average molecular weight is 494 g/mol. The molecule has 0 saturated heterocycles. The number of hydrogen-bond acceptors (Lipinski definition) is 1. The van der Waals surface area contributed by atoms with E-state index < -0.39 is 0 Å². The van der Waals surface area contributed by atoms with Crippen LogP contribution in [-0.2, 0) is 0 Å². The molecule has 0 unspecified atom stereocenters. The second-order valence-electron chi connectivity index (χ2n) is 12.6. The van der Waals surface area contributed by atoms with E-state index in [0.717, 1.165) is 11.8 Å². The summed E-state index contributed by atoms with van der Waals surface area (Å²) in [6.07, 6.45) is 34.8. The van der Waals surface area contributed by atoms with Crippen molar-refractivity contribution in [1.29, 1.82) is 0 Å². The normalized spacial score (nSPS) is 12.0. The molecule has 0 aromatic heterocycles. The molecule has 0 aromatic rings. The minimum Gasteiger partial charge on any atom is -0.303 e. The molecule has 1 nitrogen and oxygen atoms in total. The Morgan fingerprint density at radius 3 is 0.886 bits per heavy atom. The smallest absolute Gasteiger partial charge is 0.00187 e. The Kier molecular flexibility index (Phi) is 28.5. The van der Waals surface area contributed by atoms with Gasteiger partial charge in [-0.3, -0.25) is 0 Å². The zero-order chi connectivity index (χ0) is 25.8. The number of rotatable bonds is 29. The van der Waals surface area contributed by atoms with Crippen molar-refractivity contribution in [2.24, 2.45) is 11.8 Å². The fraction of sp³-hybridized carbons (Fsp3) is 1.00. The van der Waals surface area contributed by atoms with Gasteiger partial charge in [-0.1, -0.05) is 169 Å². The summed E-state index contributed by atoms with van der Waals surface area (Å²) >= 11 is 0. The lowest BCUT2D eigenvalue weighted by atomic mass is 10.0. The summed E-state index contributed by atoms with van der Waals surface area (Å²) in [5, 5.41) is 0. The first-order chi connectivity index (χ1) is 17.1. The van der Waals surface area contributed by atoms with Crippen molar-refractivity contribution in [2.45, 2.75) is 189 Å². The molecule has 1 heteroatoms. The molecular formula is C34H71N. The lowest BCUT2D eigenvalue weighted by Gasteiger charge is -2.22.